The summed E-state index contributed by atoms with van der Waals surface area (Å²) in [7, 11) is 0. The molecule has 33 heavy (non-hydrogen) atoms. The van der Waals surface area contributed by atoms with Crippen molar-refractivity contribution in [1.82, 2.24) is 9.80 Å². The molecule has 3 rings (SSSR count). The standard InChI is InChI=1S/C28H36FN3O/c1-4-26(33-27-13-11-25(29)12-14-27)21-32-19-17-31(18-20-32)16-8-15-28(22-30,23(2)3)24-9-6-5-7-10-24/h4-7,9-14,23,26H,1,8,15-21H2,2-3H3. The van der Waals surface area contributed by atoms with Crippen molar-refractivity contribution in [2.75, 3.05) is 39.3 Å². The van der Waals surface area contributed by atoms with E-state index in [0.717, 1.165) is 57.7 Å². The van der Waals surface area contributed by atoms with Gasteiger partial charge in [0.25, 0.3) is 0 Å². The lowest BCUT2D eigenvalue weighted by Gasteiger charge is -2.37. The number of nitrogens with zero attached hydrogens (tertiary/aromatic N) is 3. The third-order valence-corrected chi connectivity index (χ3v) is 6.79. The summed E-state index contributed by atoms with van der Waals surface area (Å²) in [6.45, 7) is 14.0. The van der Waals surface area contributed by atoms with Crippen molar-refractivity contribution in [2.45, 2.75) is 38.2 Å². The van der Waals surface area contributed by atoms with Crippen molar-refractivity contribution in [3.63, 3.8) is 0 Å². The Morgan fingerprint density at radius 3 is 2.27 bits per heavy atom. The van der Waals surface area contributed by atoms with Crippen molar-refractivity contribution in [3.8, 4) is 11.8 Å². The fourth-order valence-electron chi connectivity index (χ4n) is 4.63. The summed E-state index contributed by atoms with van der Waals surface area (Å²) in [6.07, 6.45) is 3.56. The molecule has 2 unspecified atom stereocenters. The van der Waals surface area contributed by atoms with E-state index in [1.165, 1.54) is 12.1 Å². The van der Waals surface area contributed by atoms with Crippen molar-refractivity contribution < 1.29 is 9.13 Å². The van der Waals surface area contributed by atoms with E-state index in [0.29, 0.717) is 5.75 Å². The molecule has 0 saturated carbocycles. The first-order chi connectivity index (χ1) is 16.0. The van der Waals surface area contributed by atoms with Crippen LogP contribution in [0.25, 0.3) is 0 Å². The molecule has 0 spiro atoms. The molecule has 0 radical (unpaired) electrons. The first-order valence-electron chi connectivity index (χ1n) is 11.9. The van der Waals surface area contributed by atoms with Crippen LogP contribution in [0.1, 0.15) is 32.3 Å². The fourth-order valence-corrected chi connectivity index (χ4v) is 4.63. The third-order valence-electron chi connectivity index (χ3n) is 6.79. The van der Waals surface area contributed by atoms with E-state index >= 15 is 0 Å². The van der Waals surface area contributed by atoms with E-state index in [2.05, 4.69) is 48.4 Å². The SMILES string of the molecule is C=CC(CN1CCN(CCCC(C#N)(c2ccccc2)C(C)C)CC1)Oc1ccc(F)cc1. The van der Waals surface area contributed by atoms with Gasteiger partial charge in [-0.15, -0.1) is 0 Å². The van der Waals surface area contributed by atoms with Gasteiger partial charge >= 0.3 is 0 Å². The Labute approximate surface area is 198 Å². The zero-order chi connectivity index (χ0) is 23.7. The molecule has 2 aromatic rings. The highest BCUT2D eigenvalue weighted by Crippen LogP contribution is 2.36. The Bertz CT molecular complexity index is 901. The normalized spacial score (nSPS) is 17.8. The zero-order valence-corrected chi connectivity index (χ0v) is 19.9. The molecule has 1 aliphatic heterocycles. The van der Waals surface area contributed by atoms with Crippen LogP contribution in [-0.2, 0) is 5.41 Å². The highest BCUT2D eigenvalue weighted by Gasteiger charge is 2.35. The van der Waals surface area contributed by atoms with E-state index in [9.17, 15) is 9.65 Å². The second-order valence-corrected chi connectivity index (χ2v) is 9.20. The van der Waals surface area contributed by atoms with Crippen LogP contribution >= 0.6 is 0 Å². The van der Waals surface area contributed by atoms with Gasteiger partial charge in [-0.2, -0.15) is 5.26 Å². The van der Waals surface area contributed by atoms with E-state index in [1.807, 2.05) is 24.3 Å². The number of ether oxygens (including phenoxy) is 1. The maximum absolute atomic E-state index is 13.1. The van der Waals surface area contributed by atoms with Gasteiger partial charge in [-0.1, -0.05) is 56.8 Å². The predicted octanol–water partition coefficient (Wildman–Crippen LogP) is 5.27. The average Bonchev–Trinajstić information content (AvgIpc) is 2.84. The van der Waals surface area contributed by atoms with Crippen molar-refractivity contribution >= 4 is 0 Å². The van der Waals surface area contributed by atoms with Crippen molar-refractivity contribution in [2.24, 2.45) is 5.92 Å². The Kier molecular flexibility index (Phi) is 9.05. The molecule has 1 saturated heterocycles. The molecule has 176 valence electrons. The second-order valence-electron chi connectivity index (χ2n) is 9.20. The summed E-state index contributed by atoms with van der Waals surface area (Å²) in [4.78, 5) is 4.89. The van der Waals surface area contributed by atoms with E-state index in [1.54, 1.807) is 12.1 Å². The summed E-state index contributed by atoms with van der Waals surface area (Å²) in [5.41, 5.74) is 0.696. The van der Waals surface area contributed by atoms with Gasteiger partial charge in [0.15, 0.2) is 0 Å². The van der Waals surface area contributed by atoms with Crippen LogP contribution < -0.4 is 4.74 Å². The molecular formula is C28H36FN3O. The van der Waals surface area contributed by atoms with Crippen LogP contribution in [0.5, 0.6) is 5.75 Å². The van der Waals surface area contributed by atoms with E-state index in [-0.39, 0.29) is 17.8 Å². The smallest absolute Gasteiger partial charge is 0.129 e. The van der Waals surface area contributed by atoms with E-state index < -0.39 is 5.41 Å². The quantitative estimate of drug-likeness (QED) is 0.438. The van der Waals surface area contributed by atoms with Gasteiger partial charge < -0.3 is 9.64 Å². The Hall–Kier alpha value is -2.68. The van der Waals surface area contributed by atoms with Gasteiger partial charge in [-0.3, -0.25) is 4.90 Å². The highest BCUT2D eigenvalue weighted by atomic mass is 19.1. The summed E-state index contributed by atoms with van der Waals surface area (Å²) in [5.74, 6) is 0.654. The van der Waals surface area contributed by atoms with Crippen molar-refractivity contribution in [3.05, 3.63) is 78.6 Å². The van der Waals surface area contributed by atoms with Crippen molar-refractivity contribution in [1.29, 1.82) is 5.26 Å². The lowest BCUT2D eigenvalue weighted by atomic mass is 9.70. The molecule has 2 aromatic carbocycles. The summed E-state index contributed by atoms with van der Waals surface area (Å²) >= 11 is 0. The fraction of sp³-hybridized carbons (Fsp3) is 0.464. The molecule has 4 nitrogen and oxygen atoms in total. The van der Waals surface area contributed by atoms with Crippen LogP contribution in [0.4, 0.5) is 4.39 Å². The first-order valence-corrected chi connectivity index (χ1v) is 11.9. The number of halogens is 1. The zero-order valence-electron chi connectivity index (χ0n) is 19.9. The van der Waals surface area contributed by atoms with Gasteiger partial charge in [0.05, 0.1) is 11.5 Å². The summed E-state index contributed by atoms with van der Waals surface area (Å²) in [5, 5.41) is 10.1. The van der Waals surface area contributed by atoms with Gasteiger partial charge in [-0.05, 0) is 55.1 Å². The van der Waals surface area contributed by atoms with Gasteiger partial charge in [0, 0.05) is 32.7 Å². The van der Waals surface area contributed by atoms with Crippen LogP contribution in [0.2, 0.25) is 0 Å². The molecule has 0 N–H and O–H groups in total. The maximum Gasteiger partial charge on any atom is 0.129 e. The predicted molar refractivity (Wildman–Crippen MR) is 132 cm³/mol. The monoisotopic (exact) mass is 449 g/mol. The van der Waals surface area contributed by atoms with Gasteiger partial charge in [-0.25, -0.2) is 4.39 Å². The Balaban J connectivity index is 1.45. The third kappa shape index (κ3) is 6.66. The highest BCUT2D eigenvalue weighted by molar-refractivity contribution is 5.33. The Morgan fingerprint density at radius 2 is 1.70 bits per heavy atom. The number of hydrogen-bond acceptors (Lipinski definition) is 4. The van der Waals surface area contributed by atoms with Gasteiger partial charge in [0.1, 0.15) is 17.7 Å². The minimum Gasteiger partial charge on any atom is -0.485 e. The molecule has 5 heteroatoms. The molecule has 1 aliphatic rings. The van der Waals surface area contributed by atoms with Gasteiger partial charge in [0.2, 0.25) is 0 Å². The van der Waals surface area contributed by atoms with Crippen LogP contribution in [0.3, 0.4) is 0 Å². The minimum atomic E-state index is -0.433. The van der Waals surface area contributed by atoms with Crippen LogP contribution in [0, 0.1) is 23.1 Å². The Morgan fingerprint density at radius 1 is 1.06 bits per heavy atom. The number of piperazine rings is 1. The van der Waals surface area contributed by atoms with E-state index in [4.69, 9.17) is 4.74 Å². The number of nitriles is 1. The first kappa shape index (κ1) is 25.0. The lowest BCUT2D eigenvalue weighted by Crippen LogP contribution is -2.49. The largest absolute Gasteiger partial charge is 0.485 e. The molecule has 1 heterocycles. The summed E-state index contributed by atoms with van der Waals surface area (Å²) in [6, 6.07) is 19.0. The van der Waals surface area contributed by atoms with Crippen LogP contribution in [-0.4, -0.2) is 55.2 Å². The number of rotatable bonds is 11. The molecule has 0 bridgehead atoms. The topological polar surface area (TPSA) is 39.5 Å². The molecular weight excluding hydrogens is 413 g/mol. The molecule has 0 aromatic heterocycles. The molecule has 0 amide bonds. The van der Waals surface area contributed by atoms with Crippen LogP contribution in [0.15, 0.2) is 67.3 Å². The number of benzene rings is 2. The molecule has 2 atom stereocenters. The molecule has 0 aliphatic carbocycles. The molecule has 1 fully saturated rings. The lowest BCUT2D eigenvalue weighted by molar-refractivity contribution is 0.0972. The maximum atomic E-state index is 13.1. The average molecular weight is 450 g/mol. The summed E-state index contributed by atoms with van der Waals surface area (Å²) < 4.78 is 19.1. The second kappa shape index (κ2) is 12.0. The minimum absolute atomic E-state index is 0.129. The number of hydrogen-bond donors (Lipinski definition) is 0.